The number of aliphatic carboxylic acids is 1. The van der Waals surface area contributed by atoms with E-state index in [0.717, 1.165) is 12.1 Å². The molecular weight excluding hydrogens is 279 g/mol. The van der Waals surface area contributed by atoms with E-state index in [4.69, 9.17) is 28.3 Å². The van der Waals surface area contributed by atoms with Gasteiger partial charge in [-0.05, 0) is 11.6 Å². The molecule has 0 radical (unpaired) electrons. The summed E-state index contributed by atoms with van der Waals surface area (Å²) in [4.78, 5) is 20.6. The fourth-order valence-electron chi connectivity index (χ4n) is 1.83. The molecule has 8 heteroatoms. The van der Waals surface area contributed by atoms with Gasteiger partial charge in [-0.2, -0.15) is 0 Å². The van der Waals surface area contributed by atoms with Gasteiger partial charge in [0.25, 0.3) is 0 Å². The van der Waals surface area contributed by atoms with Gasteiger partial charge in [0.2, 0.25) is 5.28 Å². The first-order chi connectivity index (χ1) is 8.56. The molecule has 1 aliphatic rings. The van der Waals surface area contributed by atoms with Crippen molar-refractivity contribution in [1.82, 2.24) is 20.2 Å². The summed E-state index contributed by atoms with van der Waals surface area (Å²) in [5.41, 5.74) is 0.743. The molecule has 0 bridgehead atoms. The zero-order valence-corrected chi connectivity index (χ0v) is 10.9. The molecule has 1 fully saturated rings. The number of carboxylic acid groups (broad SMARTS) is 1. The topological polar surface area (TPSA) is 78.3 Å². The van der Waals surface area contributed by atoms with Crippen molar-refractivity contribution in [3.05, 3.63) is 22.2 Å². The standard InChI is InChI=1S/C10H12Cl2N4O2/c11-8-6(3-14-10(12)15-8)4-16-2-1-13-7(5-16)9(17)18/h3,7,13H,1-2,4-5H2,(H,17,18)/t7-/m1/s1. The Morgan fingerprint density at radius 3 is 3.06 bits per heavy atom. The third kappa shape index (κ3) is 3.29. The summed E-state index contributed by atoms with van der Waals surface area (Å²) in [7, 11) is 0. The van der Waals surface area contributed by atoms with E-state index in [1.807, 2.05) is 4.90 Å². The summed E-state index contributed by atoms with van der Waals surface area (Å²) in [6.07, 6.45) is 1.56. The van der Waals surface area contributed by atoms with E-state index in [2.05, 4.69) is 15.3 Å². The number of nitrogens with zero attached hydrogens (tertiary/aromatic N) is 3. The van der Waals surface area contributed by atoms with Crippen LogP contribution in [0, 0.1) is 0 Å². The van der Waals surface area contributed by atoms with Crippen LogP contribution in [0.15, 0.2) is 6.20 Å². The van der Waals surface area contributed by atoms with Crippen molar-refractivity contribution in [1.29, 1.82) is 0 Å². The van der Waals surface area contributed by atoms with E-state index >= 15 is 0 Å². The van der Waals surface area contributed by atoms with Crippen LogP contribution in [0.3, 0.4) is 0 Å². The molecule has 1 atom stereocenters. The van der Waals surface area contributed by atoms with Gasteiger partial charge < -0.3 is 10.4 Å². The summed E-state index contributed by atoms with van der Waals surface area (Å²) >= 11 is 11.6. The minimum absolute atomic E-state index is 0.104. The van der Waals surface area contributed by atoms with E-state index < -0.39 is 12.0 Å². The van der Waals surface area contributed by atoms with Gasteiger partial charge in [0.15, 0.2) is 0 Å². The van der Waals surface area contributed by atoms with Gasteiger partial charge in [0.05, 0.1) is 0 Å². The first kappa shape index (κ1) is 13.5. The molecule has 2 heterocycles. The number of piperazine rings is 1. The van der Waals surface area contributed by atoms with Gasteiger partial charge in [-0.25, -0.2) is 9.97 Å². The Labute approximate surface area is 114 Å². The van der Waals surface area contributed by atoms with Crippen molar-refractivity contribution >= 4 is 29.2 Å². The molecule has 0 amide bonds. The Bertz CT molecular complexity index is 458. The lowest BCUT2D eigenvalue weighted by molar-refractivity contribution is -0.140. The zero-order chi connectivity index (χ0) is 13.1. The van der Waals surface area contributed by atoms with Crippen LogP contribution in [0.2, 0.25) is 10.4 Å². The molecule has 1 aromatic rings. The van der Waals surface area contributed by atoms with Crippen LogP contribution in [-0.4, -0.2) is 51.6 Å². The van der Waals surface area contributed by atoms with Crippen molar-refractivity contribution in [3.63, 3.8) is 0 Å². The number of rotatable bonds is 3. The lowest BCUT2D eigenvalue weighted by Gasteiger charge is -2.31. The molecule has 1 aromatic heterocycles. The fourth-order valence-corrected chi connectivity index (χ4v) is 2.20. The monoisotopic (exact) mass is 290 g/mol. The predicted molar refractivity (Wildman–Crippen MR) is 66.8 cm³/mol. The van der Waals surface area contributed by atoms with Crippen LogP contribution >= 0.6 is 23.2 Å². The molecule has 0 aliphatic carbocycles. The van der Waals surface area contributed by atoms with Crippen molar-refractivity contribution in [2.45, 2.75) is 12.6 Å². The van der Waals surface area contributed by atoms with Gasteiger partial charge in [-0.1, -0.05) is 11.6 Å². The van der Waals surface area contributed by atoms with Crippen LogP contribution in [0.4, 0.5) is 0 Å². The lowest BCUT2D eigenvalue weighted by Crippen LogP contribution is -2.53. The Balaban J connectivity index is 2.02. The van der Waals surface area contributed by atoms with E-state index in [-0.39, 0.29) is 5.28 Å². The summed E-state index contributed by atoms with van der Waals surface area (Å²) in [5, 5.41) is 12.3. The van der Waals surface area contributed by atoms with Gasteiger partial charge in [-0.15, -0.1) is 0 Å². The van der Waals surface area contributed by atoms with E-state index in [0.29, 0.717) is 24.8 Å². The Morgan fingerprint density at radius 1 is 1.61 bits per heavy atom. The number of hydrogen-bond acceptors (Lipinski definition) is 5. The van der Waals surface area contributed by atoms with Crippen LogP contribution < -0.4 is 5.32 Å². The first-order valence-electron chi connectivity index (χ1n) is 5.41. The molecule has 1 aliphatic heterocycles. The van der Waals surface area contributed by atoms with Gasteiger partial charge in [-0.3, -0.25) is 9.69 Å². The van der Waals surface area contributed by atoms with E-state index in [1.54, 1.807) is 6.20 Å². The average Bonchev–Trinajstić information content (AvgIpc) is 2.33. The number of nitrogens with one attached hydrogen (secondary N) is 1. The molecule has 0 saturated carbocycles. The minimum Gasteiger partial charge on any atom is -0.480 e. The van der Waals surface area contributed by atoms with Crippen LogP contribution in [-0.2, 0) is 11.3 Å². The average molecular weight is 291 g/mol. The van der Waals surface area contributed by atoms with Gasteiger partial charge in [0, 0.05) is 37.9 Å². The zero-order valence-electron chi connectivity index (χ0n) is 9.44. The molecule has 2 rings (SSSR count). The smallest absolute Gasteiger partial charge is 0.322 e. The summed E-state index contributed by atoms with van der Waals surface area (Å²) in [6, 6.07) is -0.550. The van der Waals surface area contributed by atoms with Crippen LogP contribution in [0.1, 0.15) is 5.56 Å². The Hall–Kier alpha value is -0.950. The highest BCUT2D eigenvalue weighted by Gasteiger charge is 2.25. The highest BCUT2D eigenvalue weighted by molar-refractivity contribution is 6.32. The molecule has 0 spiro atoms. The van der Waals surface area contributed by atoms with Crippen molar-refractivity contribution in [2.24, 2.45) is 0 Å². The van der Waals surface area contributed by atoms with E-state index in [9.17, 15) is 4.79 Å². The molecule has 18 heavy (non-hydrogen) atoms. The summed E-state index contributed by atoms with van der Waals surface area (Å²) < 4.78 is 0. The Kier molecular flexibility index (Phi) is 4.34. The highest BCUT2D eigenvalue weighted by Crippen LogP contribution is 2.17. The molecule has 1 saturated heterocycles. The third-order valence-electron chi connectivity index (χ3n) is 2.73. The van der Waals surface area contributed by atoms with Crippen molar-refractivity contribution in [2.75, 3.05) is 19.6 Å². The molecule has 98 valence electrons. The molecule has 0 aromatic carbocycles. The largest absolute Gasteiger partial charge is 0.480 e. The number of carbonyl (C=O) groups is 1. The third-order valence-corrected chi connectivity index (χ3v) is 3.24. The molecule has 6 nitrogen and oxygen atoms in total. The minimum atomic E-state index is -0.849. The maximum atomic E-state index is 10.9. The second-order valence-electron chi connectivity index (χ2n) is 4.04. The first-order valence-corrected chi connectivity index (χ1v) is 6.17. The van der Waals surface area contributed by atoms with Gasteiger partial charge in [0.1, 0.15) is 11.2 Å². The maximum Gasteiger partial charge on any atom is 0.322 e. The normalized spacial score (nSPS) is 20.9. The summed E-state index contributed by atoms with van der Waals surface area (Å²) in [5.74, 6) is -0.849. The SMILES string of the molecule is O=C(O)[C@H]1CN(Cc2cnc(Cl)nc2Cl)CCN1. The molecular formula is C10H12Cl2N4O2. The van der Waals surface area contributed by atoms with Crippen LogP contribution in [0.25, 0.3) is 0 Å². The number of carboxylic acids is 1. The Morgan fingerprint density at radius 2 is 2.39 bits per heavy atom. The quantitative estimate of drug-likeness (QED) is 0.628. The second-order valence-corrected chi connectivity index (χ2v) is 4.73. The highest BCUT2D eigenvalue weighted by atomic mass is 35.5. The number of hydrogen-bond donors (Lipinski definition) is 2. The van der Waals surface area contributed by atoms with Crippen molar-refractivity contribution in [3.8, 4) is 0 Å². The lowest BCUT2D eigenvalue weighted by atomic mass is 10.2. The second kappa shape index (κ2) is 5.79. The van der Waals surface area contributed by atoms with E-state index in [1.165, 1.54) is 0 Å². The maximum absolute atomic E-state index is 10.9. The van der Waals surface area contributed by atoms with Gasteiger partial charge >= 0.3 is 5.97 Å². The summed E-state index contributed by atoms with van der Waals surface area (Å²) in [6.45, 7) is 2.32. The van der Waals surface area contributed by atoms with Crippen LogP contribution in [0.5, 0.6) is 0 Å². The molecule has 0 unspecified atom stereocenters. The van der Waals surface area contributed by atoms with Crippen molar-refractivity contribution < 1.29 is 9.90 Å². The predicted octanol–water partition coefficient (Wildman–Crippen LogP) is 0.642. The molecule has 2 N–H and O–H groups in total. The number of halogens is 2. The number of aromatic nitrogens is 2. The fraction of sp³-hybridized carbons (Fsp3) is 0.500.